The summed E-state index contributed by atoms with van der Waals surface area (Å²) in [7, 11) is 0. The summed E-state index contributed by atoms with van der Waals surface area (Å²) in [6, 6.07) is 2.66. The molecule has 6 saturated carbocycles. The first-order chi connectivity index (χ1) is 6.71. The van der Waals surface area contributed by atoms with Crippen molar-refractivity contribution in [1.29, 1.82) is 5.26 Å². The van der Waals surface area contributed by atoms with Gasteiger partial charge >= 0.3 is 0 Å². The highest BCUT2D eigenvalue weighted by Gasteiger charge is 3.09. The summed E-state index contributed by atoms with van der Waals surface area (Å²) in [5.41, 5.74) is 1.09. The average molecular weight is 185 g/mol. The number of nitriles is 1. The molecule has 0 atom stereocenters. The van der Waals surface area contributed by atoms with Crippen LogP contribution in [0, 0.1) is 63.6 Å². The highest BCUT2D eigenvalue weighted by atomic mass is 15.1. The Balaban J connectivity index is 1.55. The third-order valence-corrected chi connectivity index (χ3v) is 6.79. The van der Waals surface area contributed by atoms with Crippen LogP contribution in [-0.4, -0.2) is 0 Å². The van der Waals surface area contributed by atoms with Crippen LogP contribution in [0.25, 0.3) is 0 Å². The molecule has 0 spiro atoms. The standard InChI is InChI=1S/C13H15N/c1-5(2)3-12-6-9-7(12)11-8(12)10(6)13(9,11)4-14/h5-11H,3H2,1-2H3. The molecule has 0 unspecified atom stereocenters. The van der Waals surface area contributed by atoms with Crippen LogP contribution in [-0.2, 0) is 0 Å². The largest absolute Gasteiger partial charge is 0.198 e. The molecule has 1 heteroatoms. The maximum atomic E-state index is 9.23. The van der Waals surface area contributed by atoms with E-state index < -0.39 is 0 Å². The van der Waals surface area contributed by atoms with Crippen molar-refractivity contribution in [3.63, 3.8) is 0 Å². The molecule has 0 amide bonds. The minimum atomic E-state index is 0.277. The van der Waals surface area contributed by atoms with Gasteiger partial charge in [0.2, 0.25) is 0 Å². The van der Waals surface area contributed by atoms with Crippen LogP contribution in [0.3, 0.4) is 0 Å². The minimum Gasteiger partial charge on any atom is -0.198 e. The van der Waals surface area contributed by atoms with Gasteiger partial charge in [0, 0.05) is 0 Å². The van der Waals surface area contributed by atoms with Crippen LogP contribution in [0.4, 0.5) is 0 Å². The maximum absolute atomic E-state index is 9.23. The van der Waals surface area contributed by atoms with Gasteiger partial charge in [0.25, 0.3) is 0 Å². The van der Waals surface area contributed by atoms with Crippen LogP contribution in [0.2, 0.25) is 0 Å². The summed E-state index contributed by atoms with van der Waals surface area (Å²) in [5.74, 6) is 6.65. The second kappa shape index (κ2) is 1.39. The van der Waals surface area contributed by atoms with Crippen molar-refractivity contribution >= 4 is 0 Å². The molecule has 6 fully saturated rings. The van der Waals surface area contributed by atoms with Crippen molar-refractivity contribution in [2.24, 2.45) is 52.3 Å². The highest BCUT2D eigenvalue weighted by Crippen LogP contribution is 3.10. The monoisotopic (exact) mass is 185 g/mol. The van der Waals surface area contributed by atoms with E-state index in [0.717, 1.165) is 46.8 Å². The SMILES string of the molecule is CC(C)CC12C3C4C1C1C2C3C41C#N. The van der Waals surface area contributed by atoms with Gasteiger partial charge in [-0.05, 0) is 53.3 Å². The molecule has 6 rings (SSSR count). The molecule has 0 radical (unpaired) electrons. The van der Waals surface area contributed by atoms with Crippen LogP contribution < -0.4 is 0 Å². The molecule has 0 heterocycles. The fourth-order valence-corrected chi connectivity index (χ4v) is 7.09. The molecule has 6 aliphatic carbocycles. The molecule has 72 valence electrons. The van der Waals surface area contributed by atoms with Gasteiger partial charge in [-0.2, -0.15) is 5.26 Å². The van der Waals surface area contributed by atoms with E-state index in [9.17, 15) is 5.26 Å². The number of hydrogen-bond acceptors (Lipinski definition) is 1. The smallest absolute Gasteiger partial charge is 0.0699 e. The summed E-state index contributed by atoms with van der Waals surface area (Å²) in [6.45, 7) is 4.73. The fourth-order valence-electron chi connectivity index (χ4n) is 7.09. The average Bonchev–Trinajstić information content (AvgIpc) is 2.18. The maximum Gasteiger partial charge on any atom is 0.0699 e. The molecule has 1 nitrogen and oxygen atoms in total. The molecule has 0 N–H and O–H groups in total. The molecule has 0 saturated heterocycles. The van der Waals surface area contributed by atoms with E-state index in [-0.39, 0.29) is 5.41 Å². The molecule has 0 aromatic carbocycles. The molecule has 6 aliphatic rings. The number of hydrogen-bond donors (Lipinski definition) is 0. The summed E-state index contributed by atoms with van der Waals surface area (Å²) < 4.78 is 0. The van der Waals surface area contributed by atoms with E-state index >= 15 is 0 Å². The lowest BCUT2D eigenvalue weighted by atomic mass is 8.92. The van der Waals surface area contributed by atoms with Gasteiger partial charge in [0.15, 0.2) is 0 Å². The molecular formula is C13H15N. The lowest BCUT2D eigenvalue weighted by Crippen LogP contribution is -3.09. The van der Waals surface area contributed by atoms with E-state index in [1.165, 1.54) is 6.42 Å². The highest BCUT2D eigenvalue weighted by molar-refractivity contribution is 5.58. The summed E-state index contributed by atoms with van der Waals surface area (Å²) >= 11 is 0. The number of nitrogens with zero attached hydrogens (tertiary/aromatic N) is 1. The van der Waals surface area contributed by atoms with Crippen LogP contribution in [0.1, 0.15) is 20.3 Å². The second-order valence-electron chi connectivity index (χ2n) is 6.91. The Morgan fingerprint density at radius 2 is 1.57 bits per heavy atom. The van der Waals surface area contributed by atoms with Crippen LogP contribution in [0.15, 0.2) is 0 Å². The normalized spacial score (nSPS) is 77.3. The summed E-state index contributed by atoms with van der Waals surface area (Å²) in [4.78, 5) is 0. The Kier molecular flexibility index (Phi) is 0.681. The van der Waals surface area contributed by atoms with Gasteiger partial charge in [0.05, 0.1) is 11.5 Å². The van der Waals surface area contributed by atoms with E-state index in [1.54, 1.807) is 0 Å². The molecule has 0 aromatic heterocycles. The fraction of sp³-hybridized carbons (Fsp3) is 0.923. The van der Waals surface area contributed by atoms with Gasteiger partial charge < -0.3 is 0 Å². The van der Waals surface area contributed by atoms with Crippen LogP contribution >= 0.6 is 0 Å². The summed E-state index contributed by atoms with van der Waals surface area (Å²) in [5, 5.41) is 9.23. The van der Waals surface area contributed by atoms with Gasteiger partial charge in [-0.3, -0.25) is 0 Å². The Hall–Kier alpha value is -0.510. The topological polar surface area (TPSA) is 23.8 Å². The zero-order valence-electron chi connectivity index (χ0n) is 8.70. The van der Waals surface area contributed by atoms with E-state index in [2.05, 4.69) is 19.9 Å². The first kappa shape index (κ1) is 6.88. The predicted molar refractivity (Wildman–Crippen MR) is 50.9 cm³/mol. The Bertz CT molecular complexity index is 360. The van der Waals surface area contributed by atoms with Crippen molar-refractivity contribution in [2.75, 3.05) is 0 Å². The molecule has 0 aliphatic heterocycles. The zero-order chi connectivity index (χ0) is 9.46. The Morgan fingerprint density at radius 1 is 1.07 bits per heavy atom. The predicted octanol–water partition coefficient (Wildman–Crippen LogP) is 2.29. The van der Waals surface area contributed by atoms with E-state index in [1.807, 2.05) is 0 Å². The minimum absolute atomic E-state index is 0.277. The van der Waals surface area contributed by atoms with Crippen molar-refractivity contribution in [3.05, 3.63) is 0 Å². The molecule has 14 heavy (non-hydrogen) atoms. The van der Waals surface area contributed by atoms with Gasteiger partial charge in [-0.1, -0.05) is 13.8 Å². The van der Waals surface area contributed by atoms with Crippen molar-refractivity contribution in [2.45, 2.75) is 20.3 Å². The zero-order valence-corrected chi connectivity index (χ0v) is 8.70. The lowest BCUT2D eigenvalue weighted by molar-refractivity contribution is -0.644. The first-order valence-corrected chi connectivity index (χ1v) is 6.12. The summed E-state index contributed by atoms with van der Waals surface area (Å²) in [6.07, 6.45) is 1.47. The van der Waals surface area contributed by atoms with E-state index in [0.29, 0.717) is 0 Å². The quantitative estimate of drug-likeness (QED) is 0.647. The first-order valence-electron chi connectivity index (χ1n) is 6.12. The van der Waals surface area contributed by atoms with Gasteiger partial charge in [-0.15, -0.1) is 0 Å². The molecule has 0 aromatic rings. The van der Waals surface area contributed by atoms with Crippen LogP contribution in [0.5, 0.6) is 0 Å². The lowest BCUT2D eigenvalue weighted by Gasteiger charge is -3.10. The second-order valence-corrected chi connectivity index (χ2v) is 6.91. The third-order valence-electron chi connectivity index (χ3n) is 6.79. The van der Waals surface area contributed by atoms with Crippen molar-refractivity contribution in [3.8, 4) is 6.07 Å². The van der Waals surface area contributed by atoms with E-state index in [4.69, 9.17) is 0 Å². The molecule has 0 bridgehead atoms. The van der Waals surface area contributed by atoms with Crippen molar-refractivity contribution in [1.82, 2.24) is 0 Å². The Morgan fingerprint density at radius 3 is 1.93 bits per heavy atom. The van der Waals surface area contributed by atoms with Crippen molar-refractivity contribution < 1.29 is 0 Å². The van der Waals surface area contributed by atoms with Gasteiger partial charge in [-0.25, -0.2) is 0 Å². The number of rotatable bonds is 2. The Labute approximate surface area is 84.5 Å². The molecular weight excluding hydrogens is 170 g/mol. The third kappa shape index (κ3) is 0.278. The van der Waals surface area contributed by atoms with Gasteiger partial charge in [0.1, 0.15) is 0 Å².